The first-order valence-electron chi connectivity index (χ1n) is 9.31. The molecular formula is C19H27F3N2O4S. The van der Waals surface area contributed by atoms with Crippen LogP contribution in [0.3, 0.4) is 0 Å². The van der Waals surface area contributed by atoms with Crippen molar-refractivity contribution in [1.29, 1.82) is 0 Å². The van der Waals surface area contributed by atoms with E-state index < -0.39 is 21.6 Å². The lowest BCUT2D eigenvalue weighted by atomic mass is 9.63. The molecule has 1 aromatic rings. The van der Waals surface area contributed by atoms with Gasteiger partial charge in [-0.05, 0) is 29.9 Å². The topological polar surface area (TPSA) is 75.7 Å². The largest absolute Gasteiger partial charge is 0.516 e. The highest BCUT2D eigenvalue weighted by Crippen LogP contribution is 2.46. The van der Waals surface area contributed by atoms with Crippen LogP contribution in [0.5, 0.6) is 0 Å². The van der Waals surface area contributed by atoms with Crippen LogP contribution in [0.2, 0.25) is 0 Å². The summed E-state index contributed by atoms with van der Waals surface area (Å²) in [5.41, 5.74) is -5.75. The number of carbonyl (C=O) groups is 1. The number of hydrogen-bond donors (Lipinski definition) is 1. The summed E-state index contributed by atoms with van der Waals surface area (Å²) in [6, 6.07) is 5.69. The third kappa shape index (κ3) is 4.96. The summed E-state index contributed by atoms with van der Waals surface area (Å²) < 4.78 is 68.2. The predicted octanol–water partition coefficient (Wildman–Crippen LogP) is 4.73. The molecule has 0 radical (unpaired) electrons. The molecule has 1 heterocycles. The van der Waals surface area contributed by atoms with Gasteiger partial charge in [-0.1, -0.05) is 45.9 Å². The van der Waals surface area contributed by atoms with Crippen LogP contribution in [0.25, 0.3) is 0 Å². The van der Waals surface area contributed by atoms with Crippen LogP contribution in [-0.2, 0) is 21.3 Å². The van der Waals surface area contributed by atoms with Crippen LogP contribution >= 0.6 is 0 Å². The number of amides is 1. The lowest BCUT2D eigenvalue weighted by molar-refractivity contribution is -0.0429. The second-order valence-electron chi connectivity index (χ2n) is 8.32. The number of benzene rings is 1. The molecule has 0 aromatic heterocycles. The fourth-order valence-corrected chi connectivity index (χ4v) is 4.12. The van der Waals surface area contributed by atoms with Gasteiger partial charge < -0.3 is 9.64 Å². The Morgan fingerprint density at radius 3 is 2.38 bits per heavy atom. The number of carbonyl (C=O) groups excluding carboxylic acids is 1. The summed E-state index contributed by atoms with van der Waals surface area (Å²) in [5.74, 6) is 0. The van der Waals surface area contributed by atoms with Crippen LogP contribution in [-0.4, -0.2) is 38.1 Å². The third-order valence-corrected chi connectivity index (χ3v) is 6.88. The molecule has 29 heavy (non-hydrogen) atoms. The van der Waals surface area contributed by atoms with Crippen LogP contribution < -0.4 is 4.72 Å². The van der Waals surface area contributed by atoms with E-state index in [0.29, 0.717) is 13.0 Å². The average molecular weight is 436 g/mol. The van der Waals surface area contributed by atoms with Crippen molar-refractivity contribution in [3.8, 4) is 0 Å². The summed E-state index contributed by atoms with van der Waals surface area (Å²) in [5, 5.41) is 0. The molecule has 1 saturated heterocycles. The maximum Gasteiger partial charge on any atom is 0.516 e. The highest BCUT2D eigenvalue weighted by molar-refractivity contribution is 7.93. The number of sulfonamides is 1. The van der Waals surface area contributed by atoms with Gasteiger partial charge in [0.15, 0.2) is 0 Å². The van der Waals surface area contributed by atoms with Crippen molar-refractivity contribution in [2.45, 2.75) is 52.6 Å². The highest BCUT2D eigenvalue weighted by Gasteiger charge is 2.46. The fraction of sp³-hybridized carbons (Fsp3) is 0.632. The van der Waals surface area contributed by atoms with E-state index in [1.54, 1.807) is 10.8 Å². The minimum Gasteiger partial charge on any atom is -0.449 e. The molecule has 2 rings (SSSR count). The van der Waals surface area contributed by atoms with E-state index in [2.05, 4.69) is 20.8 Å². The first-order valence-corrected chi connectivity index (χ1v) is 10.8. The van der Waals surface area contributed by atoms with Crippen molar-refractivity contribution in [3.05, 3.63) is 29.8 Å². The van der Waals surface area contributed by atoms with Crippen LogP contribution in [0.1, 0.15) is 46.1 Å². The Kier molecular flexibility index (Phi) is 6.46. The zero-order valence-corrected chi connectivity index (χ0v) is 17.8. The number of nitrogens with zero attached hydrogens (tertiary/aromatic N) is 1. The molecule has 1 fully saturated rings. The quantitative estimate of drug-likeness (QED) is 0.724. The summed E-state index contributed by atoms with van der Waals surface area (Å²) >= 11 is 0. The summed E-state index contributed by atoms with van der Waals surface area (Å²) in [4.78, 5) is 13.9. The van der Waals surface area contributed by atoms with E-state index in [1.165, 1.54) is 23.1 Å². The monoisotopic (exact) mass is 436 g/mol. The average Bonchev–Trinajstić information content (AvgIpc) is 2.75. The van der Waals surface area contributed by atoms with Gasteiger partial charge in [0, 0.05) is 12.0 Å². The lowest BCUT2D eigenvalue weighted by Gasteiger charge is -2.42. The molecule has 0 saturated carbocycles. The first kappa shape index (κ1) is 23.3. The van der Waals surface area contributed by atoms with Crippen molar-refractivity contribution >= 4 is 21.8 Å². The molecule has 0 bridgehead atoms. The standard InChI is InChI=1S/C19H27F3N2O4S/c1-5-18(17(2,3)4)10-11-24(16(25)28-13-18)12-14-8-6-7-9-15(14)23-29(26,27)19(20,21)22/h6-9,23H,5,10-13H2,1-4H3. The Labute approximate surface area is 169 Å². The van der Waals surface area contributed by atoms with Crippen molar-refractivity contribution < 1.29 is 31.1 Å². The lowest BCUT2D eigenvalue weighted by Crippen LogP contribution is -2.39. The number of nitrogens with one attached hydrogen (secondary N) is 1. The van der Waals surface area contributed by atoms with Crippen LogP contribution in [0.15, 0.2) is 24.3 Å². The number of hydrogen-bond acceptors (Lipinski definition) is 4. The highest BCUT2D eigenvalue weighted by atomic mass is 32.2. The smallest absolute Gasteiger partial charge is 0.449 e. The van der Waals surface area contributed by atoms with E-state index in [4.69, 9.17) is 4.74 Å². The number of ether oxygens (including phenoxy) is 1. The maximum absolute atomic E-state index is 12.7. The van der Waals surface area contributed by atoms with Gasteiger partial charge in [-0.15, -0.1) is 0 Å². The Morgan fingerprint density at radius 1 is 1.21 bits per heavy atom. The van der Waals surface area contributed by atoms with Crippen molar-refractivity contribution in [2.24, 2.45) is 10.8 Å². The predicted molar refractivity (Wildman–Crippen MR) is 104 cm³/mol. The summed E-state index contributed by atoms with van der Waals surface area (Å²) in [7, 11) is -5.56. The van der Waals surface area contributed by atoms with Gasteiger partial charge in [-0.3, -0.25) is 4.72 Å². The molecule has 6 nitrogen and oxygen atoms in total. The fourth-order valence-electron chi connectivity index (χ4n) is 3.51. The molecule has 1 unspecified atom stereocenters. The minimum atomic E-state index is -5.56. The van der Waals surface area contributed by atoms with E-state index >= 15 is 0 Å². The molecule has 1 aliphatic rings. The molecule has 1 atom stereocenters. The molecule has 164 valence electrons. The molecule has 1 aromatic carbocycles. The molecular weight excluding hydrogens is 409 g/mol. The number of anilines is 1. The van der Waals surface area contributed by atoms with Crippen LogP contribution in [0, 0.1) is 10.8 Å². The second kappa shape index (κ2) is 8.04. The van der Waals surface area contributed by atoms with Gasteiger partial charge in [0.25, 0.3) is 0 Å². The Hall–Kier alpha value is -1.97. The molecule has 0 aliphatic carbocycles. The number of halogens is 3. The first-order chi connectivity index (χ1) is 13.2. The zero-order chi connectivity index (χ0) is 22.1. The third-order valence-electron chi connectivity index (χ3n) is 5.79. The molecule has 0 spiro atoms. The summed E-state index contributed by atoms with van der Waals surface area (Å²) in [6.07, 6.45) is 0.896. The van der Waals surface area contributed by atoms with Crippen molar-refractivity contribution in [3.63, 3.8) is 0 Å². The van der Waals surface area contributed by atoms with Gasteiger partial charge in [0.2, 0.25) is 0 Å². The van der Waals surface area contributed by atoms with Crippen molar-refractivity contribution in [1.82, 2.24) is 4.90 Å². The van der Waals surface area contributed by atoms with Gasteiger partial charge in [-0.2, -0.15) is 21.6 Å². The van der Waals surface area contributed by atoms with Gasteiger partial charge in [-0.25, -0.2) is 4.79 Å². The minimum absolute atomic E-state index is 0.0701. The molecule has 1 aliphatic heterocycles. The van der Waals surface area contributed by atoms with E-state index in [1.807, 2.05) is 6.92 Å². The van der Waals surface area contributed by atoms with Gasteiger partial charge in [0.05, 0.1) is 18.8 Å². The number of para-hydroxylation sites is 1. The second-order valence-corrected chi connectivity index (χ2v) is 9.99. The maximum atomic E-state index is 12.7. The normalized spacial score (nSPS) is 21.5. The number of alkyl halides is 3. The Balaban J connectivity index is 2.26. The zero-order valence-electron chi connectivity index (χ0n) is 17.0. The van der Waals surface area contributed by atoms with Crippen molar-refractivity contribution in [2.75, 3.05) is 17.9 Å². The molecule has 1 amide bonds. The Bertz CT molecular complexity index is 850. The number of rotatable bonds is 5. The SMILES string of the molecule is CCC1(C(C)(C)C)CCN(Cc2ccccc2NS(=O)(=O)C(F)(F)F)C(=O)OC1. The van der Waals surface area contributed by atoms with Gasteiger partial charge >= 0.3 is 21.6 Å². The van der Waals surface area contributed by atoms with E-state index in [-0.39, 0.29) is 35.2 Å². The molecule has 1 N–H and O–H groups in total. The van der Waals surface area contributed by atoms with E-state index in [9.17, 15) is 26.4 Å². The van der Waals surface area contributed by atoms with E-state index in [0.717, 1.165) is 6.42 Å². The van der Waals surface area contributed by atoms with Gasteiger partial charge in [0.1, 0.15) is 0 Å². The molecule has 10 heteroatoms. The van der Waals surface area contributed by atoms with Crippen LogP contribution in [0.4, 0.5) is 23.7 Å². The Morgan fingerprint density at radius 2 is 1.83 bits per heavy atom. The summed E-state index contributed by atoms with van der Waals surface area (Å²) in [6.45, 7) is 8.83. The number of cyclic esters (lactones) is 1.